The van der Waals surface area contributed by atoms with Crippen molar-refractivity contribution >= 4 is 33.4 Å². The van der Waals surface area contributed by atoms with Crippen LogP contribution in [-0.4, -0.2) is 64.5 Å². The van der Waals surface area contributed by atoms with Gasteiger partial charge in [-0.15, -0.1) is 16.4 Å². The van der Waals surface area contributed by atoms with Crippen LogP contribution in [-0.2, 0) is 30.5 Å². The molecule has 220 valence electrons. The molecular formula is C32H31N5O5S. The number of nitrogens with zero attached hydrogens (tertiary/aromatic N) is 4. The molecule has 5 aromatic rings. The maximum absolute atomic E-state index is 13.7. The number of ether oxygens (including phenoxy) is 3. The van der Waals surface area contributed by atoms with E-state index in [2.05, 4.69) is 15.4 Å². The summed E-state index contributed by atoms with van der Waals surface area (Å²) in [4.78, 5) is 35.9. The molecule has 0 saturated heterocycles. The first-order chi connectivity index (χ1) is 21.0. The number of pyridine rings is 1. The standard InChI is InChI=1S/C32H31N5O5S/c1-4-42-32(39)29-23(12-11-21-17-33-36-35-21)34-30-28(27(29)20-10-13-24(40-2)25(16-20)41-3)22-14-15-37(18-26(22)43-30)31(38)19-8-6-5-7-9-19/h5-10,13,16-17H,4,11-12,14-15,18H2,1-3H3,(H,33,35,36). The number of rotatable bonds is 9. The van der Waals surface area contributed by atoms with Crippen LogP contribution in [0.4, 0.5) is 0 Å². The number of hydrogen-bond acceptors (Lipinski definition) is 9. The summed E-state index contributed by atoms with van der Waals surface area (Å²) >= 11 is 1.57. The summed E-state index contributed by atoms with van der Waals surface area (Å²) in [6, 6.07) is 15.0. The fraction of sp³-hybridized carbons (Fsp3) is 0.281. The van der Waals surface area contributed by atoms with Crippen molar-refractivity contribution in [3.05, 3.63) is 87.7 Å². The van der Waals surface area contributed by atoms with Crippen molar-refractivity contribution in [2.45, 2.75) is 32.7 Å². The van der Waals surface area contributed by atoms with E-state index in [9.17, 15) is 9.59 Å². The Hall–Kier alpha value is -4.77. The van der Waals surface area contributed by atoms with E-state index in [0.29, 0.717) is 60.7 Å². The van der Waals surface area contributed by atoms with E-state index in [1.165, 1.54) is 0 Å². The molecule has 1 N–H and O–H groups in total. The second kappa shape index (κ2) is 12.2. The Kier molecular flexibility index (Phi) is 8.06. The van der Waals surface area contributed by atoms with Crippen LogP contribution in [0.3, 0.4) is 0 Å². The Morgan fingerprint density at radius 3 is 2.58 bits per heavy atom. The molecule has 0 atom stereocenters. The second-order valence-corrected chi connectivity index (χ2v) is 11.2. The van der Waals surface area contributed by atoms with Gasteiger partial charge in [-0.1, -0.05) is 29.5 Å². The quantitative estimate of drug-likeness (QED) is 0.229. The number of hydrogen-bond donors (Lipinski definition) is 1. The van der Waals surface area contributed by atoms with Gasteiger partial charge in [0, 0.05) is 34.1 Å². The lowest BCUT2D eigenvalue weighted by Gasteiger charge is -2.27. The molecule has 1 amide bonds. The zero-order valence-electron chi connectivity index (χ0n) is 24.2. The predicted octanol–water partition coefficient (Wildman–Crippen LogP) is 5.26. The normalized spacial score (nSPS) is 12.7. The van der Waals surface area contributed by atoms with E-state index in [4.69, 9.17) is 19.2 Å². The van der Waals surface area contributed by atoms with Crippen LogP contribution >= 0.6 is 11.3 Å². The van der Waals surface area contributed by atoms with Gasteiger partial charge in [0.25, 0.3) is 5.91 Å². The summed E-state index contributed by atoms with van der Waals surface area (Å²) in [6.45, 7) is 3.04. The molecule has 0 aliphatic carbocycles. The van der Waals surface area contributed by atoms with Crippen molar-refractivity contribution in [2.24, 2.45) is 0 Å². The van der Waals surface area contributed by atoms with Gasteiger partial charge >= 0.3 is 5.97 Å². The van der Waals surface area contributed by atoms with Crippen LogP contribution in [0.15, 0.2) is 54.7 Å². The molecular weight excluding hydrogens is 566 g/mol. The van der Waals surface area contributed by atoms with Gasteiger partial charge in [-0.2, -0.15) is 0 Å². The van der Waals surface area contributed by atoms with Crippen LogP contribution < -0.4 is 9.47 Å². The van der Waals surface area contributed by atoms with Crippen molar-refractivity contribution in [3.63, 3.8) is 0 Å². The average molecular weight is 598 g/mol. The molecule has 6 rings (SSSR count). The lowest BCUT2D eigenvalue weighted by Crippen LogP contribution is -2.35. The highest BCUT2D eigenvalue weighted by atomic mass is 32.1. The smallest absolute Gasteiger partial charge is 0.340 e. The summed E-state index contributed by atoms with van der Waals surface area (Å²) in [5, 5.41) is 11.6. The number of carbonyl (C=O) groups excluding carboxylic acids is 2. The van der Waals surface area contributed by atoms with E-state index in [1.807, 2.05) is 53.4 Å². The van der Waals surface area contributed by atoms with Gasteiger partial charge in [-0.05, 0) is 61.6 Å². The zero-order chi connectivity index (χ0) is 29.9. The number of thiophene rings is 1. The van der Waals surface area contributed by atoms with Gasteiger partial charge in [-0.25, -0.2) is 9.78 Å². The lowest BCUT2D eigenvalue weighted by atomic mass is 9.90. The molecule has 1 aliphatic heterocycles. The summed E-state index contributed by atoms with van der Waals surface area (Å²) < 4.78 is 16.8. The van der Waals surface area contributed by atoms with E-state index in [1.54, 1.807) is 38.7 Å². The highest BCUT2D eigenvalue weighted by molar-refractivity contribution is 7.19. The first-order valence-electron chi connectivity index (χ1n) is 14.1. The molecule has 43 heavy (non-hydrogen) atoms. The second-order valence-electron chi connectivity index (χ2n) is 10.1. The van der Waals surface area contributed by atoms with Crippen LogP contribution in [0, 0.1) is 0 Å². The van der Waals surface area contributed by atoms with E-state index in [0.717, 1.165) is 37.5 Å². The SMILES string of the molecule is CCOC(=O)c1c(CCc2c[nH]nn2)nc2sc3c(c2c1-c1ccc(OC)c(OC)c1)CCN(C(=O)c1ccccc1)C3. The Balaban J connectivity index is 1.54. The summed E-state index contributed by atoms with van der Waals surface area (Å²) in [6.07, 6.45) is 3.37. The van der Waals surface area contributed by atoms with Crippen molar-refractivity contribution in [1.82, 2.24) is 25.3 Å². The molecule has 0 bridgehead atoms. The third kappa shape index (κ3) is 5.43. The van der Waals surface area contributed by atoms with Gasteiger partial charge in [0.2, 0.25) is 0 Å². The predicted molar refractivity (Wildman–Crippen MR) is 163 cm³/mol. The van der Waals surface area contributed by atoms with E-state index in [-0.39, 0.29) is 12.5 Å². The lowest BCUT2D eigenvalue weighted by molar-refractivity contribution is 0.0525. The Labute approximate surface area is 252 Å². The molecule has 1 aliphatic rings. The molecule has 0 spiro atoms. The number of amides is 1. The number of methoxy groups -OCH3 is 2. The highest BCUT2D eigenvalue weighted by Crippen LogP contribution is 2.44. The topological polar surface area (TPSA) is 120 Å². The maximum atomic E-state index is 13.7. The molecule has 4 heterocycles. The van der Waals surface area contributed by atoms with Crippen LogP contribution in [0.2, 0.25) is 0 Å². The van der Waals surface area contributed by atoms with Crippen molar-refractivity contribution in [1.29, 1.82) is 0 Å². The van der Waals surface area contributed by atoms with Gasteiger partial charge in [0.05, 0.1) is 44.3 Å². The van der Waals surface area contributed by atoms with Gasteiger partial charge < -0.3 is 19.1 Å². The van der Waals surface area contributed by atoms with Gasteiger partial charge in [0.1, 0.15) is 4.83 Å². The fourth-order valence-corrected chi connectivity index (χ4v) is 6.85. The minimum absolute atomic E-state index is 0.00251. The number of nitrogens with one attached hydrogen (secondary N) is 1. The van der Waals surface area contributed by atoms with E-state index >= 15 is 0 Å². The molecule has 0 saturated carbocycles. The molecule has 2 aromatic carbocycles. The largest absolute Gasteiger partial charge is 0.493 e. The number of carbonyl (C=O) groups is 2. The summed E-state index contributed by atoms with van der Waals surface area (Å²) in [7, 11) is 3.18. The molecule has 0 radical (unpaired) electrons. The number of aryl methyl sites for hydroxylation is 2. The first kappa shape index (κ1) is 28.4. The van der Waals surface area contributed by atoms with Crippen LogP contribution in [0.25, 0.3) is 21.3 Å². The zero-order valence-corrected chi connectivity index (χ0v) is 25.0. The highest BCUT2D eigenvalue weighted by Gasteiger charge is 2.31. The number of fused-ring (bicyclic) bond motifs is 3. The number of aromatic nitrogens is 4. The molecule has 11 heteroatoms. The van der Waals surface area contributed by atoms with Gasteiger partial charge in [-0.3, -0.25) is 9.89 Å². The Morgan fingerprint density at radius 2 is 1.86 bits per heavy atom. The minimum Gasteiger partial charge on any atom is -0.493 e. The summed E-state index contributed by atoms with van der Waals surface area (Å²) in [5.41, 5.74) is 5.12. The average Bonchev–Trinajstić information content (AvgIpc) is 3.70. The third-order valence-electron chi connectivity index (χ3n) is 7.61. The minimum atomic E-state index is -0.437. The first-order valence-corrected chi connectivity index (χ1v) is 14.9. The number of esters is 1. The van der Waals surface area contributed by atoms with Crippen molar-refractivity contribution in [2.75, 3.05) is 27.4 Å². The molecule has 10 nitrogen and oxygen atoms in total. The third-order valence-corrected chi connectivity index (χ3v) is 8.72. The van der Waals surface area contributed by atoms with Crippen LogP contribution in [0.5, 0.6) is 11.5 Å². The van der Waals surface area contributed by atoms with Crippen molar-refractivity contribution < 1.29 is 23.8 Å². The van der Waals surface area contributed by atoms with Crippen molar-refractivity contribution in [3.8, 4) is 22.6 Å². The fourth-order valence-electron chi connectivity index (χ4n) is 5.59. The number of benzene rings is 2. The van der Waals surface area contributed by atoms with Gasteiger partial charge in [0.15, 0.2) is 11.5 Å². The Bertz CT molecular complexity index is 1790. The Morgan fingerprint density at radius 1 is 1.05 bits per heavy atom. The molecule has 0 unspecified atom stereocenters. The van der Waals surface area contributed by atoms with E-state index < -0.39 is 5.97 Å². The maximum Gasteiger partial charge on any atom is 0.340 e. The number of aromatic amines is 1. The van der Waals surface area contributed by atoms with Crippen LogP contribution in [0.1, 0.15) is 49.5 Å². The monoisotopic (exact) mass is 597 g/mol. The molecule has 3 aromatic heterocycles. The molecule has 0 fully saturated rings. The summed E-state index contributed by atoms with van der Waals surface area (Å²) in [5.74, 6) is 0.696. The number of H-pyrrole nitrogens is 1.